The fourth-order valence-corrected chi connectivity index (χ4v) is 7.83. The number of alkyl halides is 1. The van der Waals surface area contributed by atoms with E-state index in [9.17, 15) is 4.79 Å². The van der Waals surface area contributed by atoms with Gasteiger partial charge in [-0.1, -0.05) is 24.2 Å². The van der Waals surface area contributed by atoms with Gasteiger partial charge in [0.05, 0.1) is 11.4 Å². The van der Waals surface area contributed by atoms with Crippen LogP contribution >= 0.6 is 0 Å². The second-order valence-electron chi connectivity index (χ2n) is 11.0. The van der Waals surface area contributed by atoms with Crippen molar-refractivity contribution in [2.75, 3.05) is 20.2 Å². The van der Waals surface area contributed by atoms with Gasteiger partial charge >= 0.3 is 0 Å². The maximum Gasteiger partial charge on any atom is 0.142 e. The molecule has 6 unspecified atom stereocenters. The Kier molecular flexibility index (Phi) is 5.39. The highest BCUT2D eigenvalue weighted by Crippen LogP contribution is 2.65. The molecular formula is C24H36FN3O3. The third kappa shape index (κ3) is 3.33. The summed E-state index contributed by atoms with van der Waals surface area (Å²) >= 11 is 0. The minimum absolute atomic E-state index is 0.0287. The molecule has 4 aliphatic carbocycles. The van der Waals surface area contributed by atoms with Crippen LogP contribution in [-0.2, 0) is 14.5 Å². The molecule has 0 aromatic rings. The summed E-state index contributed by atoms with van der Waals surface area (Å²) in [7, 11) is 1.59. The number of nitrogens with zero attached hydrogens (tertiary/aromatic N) is 2. The number of halogens is 1. The van der Waals surface area contributed by atoms with Gasteiger partial charge in [0.1, 0.15) is 25.2 Å². The molecular weight excluding hydrogens is 397 g/mol. The van der Waals surface area contributed by atoms with Crippen molar-refractivity contribution in [3.8, 4) is 0 Å². The largest absolute Gasteiger partial charge is 0.399 e. The van der Waals surface area contributed by atoms with Crippen molar-refractivity contribution in [2.45, 2.75) is 77.5 Å². The Bertz CT molecular complexity index is 795. The molecule has 31 heavy (non-hydrogen) atoms. The van der Waals surface area contributed by atoms with Crippen LogP contribution in [0.5, 0.6) is 0 Å². The highest BCUT2D eigenvalue weighted by Gasteiger charge is 2.64. The molecule has 172 valence electrons. The highest BCUT2D eigenvalue weighted by molar-refractivity contribution is 5.96. The van der Waals surface area contributed by atoms with Crippen LogP contribution in [0.25, 0.3) is 0 Å². The number of hydrogen-bond donors (Lipinski definition) is 1. The molecule has 5 fully saturated rings. The van der Waals surface area contributed by atoms with Gasteiger partial charge in [0, 0.05) is 36.6 Å². The monoisotopic (exact) mass is 433 g/mol. The number of oxime groups is 2. The molecule has 0 aromatic carbocycles. The van der Waals surface area contributed by atoms with Crippen LogP contribution in [0.3, 0.4) is 0 Å². The quantitative estimate of drug-likeness (QED) is 0.686. The lowest BCUT2D eigenvalue weighted by molar-refractivity contribution is -0.134. The number of ketones is 1. The fraction of sp³-hybridized carbons (Fsp3) is 0.875. The molecule has 0 aromatic heterocycles. The molecule has 0 amide bonds. The highest BCUT2D eigenvalue weighted by atomic mass is 19.1. The van der Waals surface area contributed by atoms with Crippen LogP contribution in [0, 0.1) is 34.5 Å². The first-order valence-electron chi connectivity index (χ1n) is 12.1. The summed E-state index contributed by atoms with van der Waals surface area (Å²) in [5.41, 5.74) is 1.65. The first-order valence-corrected chi connectivity index (χ1v) is 12.1. The summed E-state index contributed by atoms with van der Waals surface area (Å²) in [5, 5.41) is 12.3. The van der Waals surface area contributed by atoms with E-state index < -0.39 is 11.6 Å². The Morgan fingerprint density at radius 3 is 2.71 bits per heavy atom. The first-order chi connectivity index (χ1) is 14.9. The maximum absolute atomic E-state index is 15.2. The normalized spacial score (nSPS) is 49.6. The molecule has 0 bridgehead atoms. The Morgan fingerprint density at radius 1 is 1.13 bits per heavy atom. The average molecular weight is 434 g/mol. The smallest absolute Gasteiger partial charge is 0.142 e. The number of nitrogens with one attached hydrogen (secondary N) is 1. The number of Topliss-reactive ketones (excluding diaryl/α,β-unsaturated/α-hetero) is 1. The predicted molar refractivity (Wildman–Crippen MR) is 117 cm³/mol. The SMILES string of the molecule is CON=C1CC2C(CC[C@]3(C)C(=O)CC(F)C23)[C@@]2(C)CCC(=NOC3CCNC3)CC12. The van der Waals surface area contributed by atoms with E-state index in [1.807, 2.05) is 6.92 Å². The summed E-state index contributed by atoms with van der Waals surface area (Å²) in [6.07, 6.45) is 5.53. The molecule has 4 saturated carbocycles. The van der Waals surface area contributed by atoms with Gasteiger partial charge in [0.2, 0.25) is 0 Å². The fourth-order valence-electron chi connectivity index (χ4n) is 7.83. The van der Waals surface area contributed by atoms with E-state index in [0.29, 0.717) is 5.92 Å². The predicted octanol–water partition coefficient (Wildman–Crippen LogP) is 3.89. The summed E-state index contributed by atoms with van der Waals surface area (Å²) in [5.74, 6) is 0.752. The molecule has 0 radical (unpaired) electrons. The Labute approximate surface area is 184 Å². The lowest BCUT2D eigenvalue weighted by Crippen LogP contribution is -2.57. The van der Waals surface area contributed by atoms with Gasteiger partial charge < -0.3 is 15.0 Å². The lowest BCUT2D eigenvalue weighted by Gasteiger charge is -2.59. The van der Waals surface area contributed by atoms with E-state index in [4.69, 9.17) is 9.68 Å². The molecule has 8 atom stereocenters. The summed E-state index contributed by atoms with van der Waals surface area (Å²) < 4.78 is 15.2. The Balaban J connectivity index is 1.42. The Morgan fingerprint density at radius 2 is 1.97 bits per heavy atom. The Hall–Kier alpha value is -1.50. The zero-order valence-corrected chi connectivity index (χ0v) is 19.0. The van der Waals surface area contributed by atoms with Crippen LogP contribution in [0.1, 0.15) is 65.2 Å². The number of rotatable bonds is 3. The van der Waals surface area contributed by atoms with Gasteiger partial charge in [-0.15, -0.1) is 0 Å². The second-order valence-corrected chi connectivity index (χ2v) is 11.0. The summed E-state index contributed by atoms with van der Waals surface area (Å²) in [6, 6.07) is 0. The van der Waals surface area contributed by atoms with Gasteiger partial charge in [0.15, 0.2) is 0 Å². The van der Waals surface area contributed by atoms with Crippen molar-refractivity contribution in [3.63, 3.8) is 0 Å². The number of carbonyl (C=O) groups is 1. The van der Waals surface area contributed by atoms with Crippen molar-refractivity contribution in [3.05, 3.63) is 0 Å². The van der Waals surface area contributed by atoms with E-state index in [0.717, 1.165) is 69.5 Å². The number of hydrogen-bond acceptors (Lipinski definition) is 6. The standard InChI is InChI=1S/C24H36FN3O3/c1-23-7-4-14(27-31-15-6-9-26-13-15)10-18(23)20(28-30-3)11-16-17(23)5-8-24(2)21(29)12-19(25)22(16)24/h15-19,22,26H,4-13H2,1-3H3/t15?,16?,17?,18?,19?,22?,23-,24-/m1/s1. The van der Waals surface area contributed by atoms with E-state index in [1.54, 1.807) is 7.11 Å². The van der Waals surface area contributed by atoms with Gasteiger partial charge in [-0.3, -0.25) is 4.79 Å². The molecule has 1 N–H and O–H groups in total. The van der Waals surface area contributed by atoms with Gasteiger partial charge in [-0.2, -0.15) is 0 Å². The third-order valence-electron chi connectivity index (χ3n) is 9.53. The van der Waals surface area contributed by atoms with Crippen LogP contribution in [0.15, 0.2) is 10.3 Å². The van der Waals surface area contributed by atoms with Crippen molar-refractivity contribution in [2.24, 2.45) is 44.8 Å². The summed E-state index contributed by atoms with van der Waals surface area (Å²) in [6.45, 7) is 6.23. The van der Waals surface area contributed by atoms with Crippen molar-refractivity contribution < 1.29 is 18.9 Å². The minimum atomic E-state index is -1.02. The third-order valence-corrected chi connectivity index (χ3v) is 9.53. The maximum atomic E-state index is 15.2. The zero-order chi connectivity index (χ0) is 21.8. The lowest BCUT2D eigenvalue weighted by atomic mass is 9.44. The van der Waals surface area contributed by atoms with Crippen molar-refractivity contribution in [1.29, 1.82) is 0 Å². The molecule has 1 aliphatic heterocycles. The molecule has 0 spiro atoms. The molecule has 7 heteroatoms. The van der Waals surface area contributed by atoms with Gasteiger partial charge in [-0.25, -0.2) is 4.39 Å². The van der Waals surface area contributed by atoms with Crippen LogP contribution < -0.4 is 5.32 Å². The van der Waals surface area contributed by atoms with E-state index >= 15 is 4.39 Å². The van der Waals surface area contributed by atoms with E-state index in [2.05, 4.69) is 22.6 Å². The minimum Gasteiger partial charge on any atom is -0.399 e. The molecule has 1 heterocycles. The van der Waals surface area contributed by atoms with Gasteiger partial charge in [-0.05, 0) is 62.3 Å². The van der Waals surface area contributed by atoms with Crippen LogP contribution in [0.2, 0.25) is 0 Å². The molecule has 1 saturated heterocycles. The topological polar surface area (TPSA) is 72.3 Å². The van der Waals surface area contributed by atoms with E-state index in [-0.39, 0.29) is 41.5 Å². The summed E-state index contributed by atoms with van der Waals surface area (Å²) in [4.78, 5) is 23.8. The molecule has 6 nitrogen and oxygen atoms in total. The van der Waals surface area contributed by atoms with Crippen LogP contribution in [-0.4, -0.2) is 49.7 Å². The second kappa shape index (κ2) is 7.82. The molecule has 5 aliphatic rings. The van der Waals surface area contributed by atoms with Crippen molar-refractivity contribution >= 4 is 17.2 Å². The average Bonchev–Trinajstić information content (AvgIpc) is 3.33. The number of fused-ring (bicyclic) bond motifs is 5. The molecule has 5 rings (SSSR count). The van der Waals surface area contributed by atoms with Gasteiger partial charge in [0.25, 0.3) is 0 Å². The first kappa shape index (κ1) is 21.4. The van der Waals surface area contributed by atoms with Crippen molar-refractivity contribution in [1.82, 2.24) is 5.32 Å². The van der Waals surface area contributed by atoms with Crippen LogP contribution in [0.4, 0.5) is 4.39 Å². The number of carbonyl (C=O) groups excluding carboxylic acids is 1. The zero-order valence-electron chi connectivity index (χ0n) is 19.0. The van der Waals surface area contributed by atoms with E-state index in [1.165, 1.54) is 0 Å².